The minimum absolute atomic E-state index is 0.112. The molecule has 22 heavy (non-hydrogen) atoms. The summed E-state index contributed by atoms with van der Waals surface area (Å²) in [5, 5.41) is 0.543. The normalized spacial score (nSPS) is 36.8. The maximum absolute atomic E-state index is 11.9. The molecule has 0 N–H and O–H groups in total. The van der Waals surface area contributed by atoms with Crippen molar-refractivity contribution in [3.8, 4) is 0 Å². The van der Waals surface area contributed by atoms with Crippen molar-refractivity contribution < 1.29 is 18.8 Å². The number of fused-ring (bicyclic) bond motifs is 5. The van der Waals surface area contributed by atoms with Gasteiger partial charge < -0.3 is 9.16 Å². The Bertz CT molecular complexity index is 467. The van der Waals surface area contributed by atoms with Gasteiger partial charge in [-0.2, -0.15) is 11.8 Å². The first-order valence-electron chi connectivity index (χ1n) is 8.44. The first-order valence-corrected chi connectivity index (χ1v) is 12.6. The van der Waals surface area contributed by atoms with Crippen LogP contribution in [0.3, 0.4) is 0 Å². The zero-order valence-corrected chi connectivity index (χ0v) is 15.5. The van der Waals surface area contributed by atoms with Gasteiger partial charge in [-0.15, -0.1) is 0 Å². The van der Waals surface area contributed by atoms with Crippen LogP contribution in [0.4, 0.5) is 0 Å². The van der Waals surface area contributed by atoms with Crippen LogP contribution in [0.5, 0.6) is 0 Å². The summed E-state index contributed by atoms with van der Waals surface area (Å²) < 4.78 is 10.7. The highest BCUT2D eigenvalue weighted by molar-refractivity contribution is 7.99. The molecule has 124 valence electrons. The smallest absolute Gasteiger partial charge is 0.317 e. The zero-order valence-electron chi connectivity index (χ0n) is 13.7. The van der Waals surface area contributed by atoms with Crippen LogP contribution in [0.15, 0.2) is 0 Å². The van der Waals surface area contributed by atoms with Crippen LogP contribution in [0.2, 0.25) is 19.1 Å². The summed E-state index contributed by atoms with van der Waals surface area (Å²) in [6.07, 6.45) is 3.33. The van der Waals surface area contributed by atoms with Gasteiger partial charge in [0.05, 0.1) is 11.8 Å². The van der Waals surface area contributed by atoms with Crippen LogP contribution < -0.4 is 0 Å². The molecule has 0 aromatic heterocycles. The molecular weight excluding hydrogens is 316 g/mol. The molecule has 0 aromatic rings. The number of hydrogen-bond donors (Lipinski definition) is 0. The van der Waals surface area contributed by atoms with Gasteiger partial charge >= 0.3 is 11.9 Å². The minimum atomic E-state index is -1.47. The molecule has 2 saturated carbocycles. The van der Waals surface area contributed by atoms with Crippen molar-refractivity contribution in [1.29, 1.82) is 0 Å². The number of carbonyl (C=O) groups is 2. The first kappa shape index (κ1) is 16.5. The van der Waals surface area contributed by atoms with E-state index in [-0.39, 0.29) is 23.8 Å². The highest BCUT2D eigenvalue weighted by Crippen LogP contribution is 2.58. The number of thioether (sulfide) groups is 1. The van der Waals surface area contributed by atoms with E-state index >= 15 is 0 Å². The van der Waals surface area contributed by atoms with Crippen molar-refractivity contribution in [3.63, 3.8) is 0 Å². The largest absolute Gasteiger partial charge is 0.418 e. The lowest BCUT2D eigenvalue weighted by molar-refractivity contribution is -0.154. The minimum Gasteiger partial charge on any atom is -0.418 e. The molecule has 3 aliphatic rings. The Morgan fingerprint density at radius 3 is 2.68 bits per heavy atom. The Hall–Kier alpha value is -0.333. The molecule has 3 rings (SSSR count). The Labute approximate surface area is 137 Å². The SMILES string of the molecule is CCO[Si](C)(C)CCCSC1CC2CC1C1C(=O)OC(=O)C21. The van der Waals surface area contributed by atoms with Gasteiger partial charge in [-0.05, 0) is 62.9 Å². The highest BCUT2D eigenvalue weighted by Gasteiger charge is 2.62. The molecular formula is C16H26O4SSi. The topological polar surface area (TPSA) is 52.6 Å². The maximum atomic E-state index is 11.9. The second-order valence-electron chi connectivity index (χ2n) is 7.39. The third kappa shape index (κ3) is 3.02. The van der Waals surface area contributed by atoms with Crippen molar-refractivity contribution in [2.24, 2.45) is 23.7 Å². The summed E-state index contributed by atoms with van der Waals surface area (Å²) in [6.45, 7) is 7.45. The van der Waals surface area contributed by atoms with Gasteiger partial charge in [0.15, 0.2) is 8.32 Å². The molecule has 0 spiro atoms. The van der Waals surface area contributed by atoms with Gasteiger partial charge in [0, 0.05) is 11.9 Å². The predicted octanol–water partition coefficient (Wildman–Crippen LogP) is 3.08. The summed E-state index contributed by atoms with van der Waals surface area (Å²) in [4.78, 5) is 23.6. The monoisotopic (exact) mass is 342 g/mol. The summed E-state index contributed by atoms with van der Waals surface area (Å²) >= 11 is 2.01. The molecule has 3 fully saturated rings. The second-order valence-corrected chi connectivity index (χ2v) is 13.0. The molecule has 6 heteroatoms. The molecule has 4 nitrogen and oxygen atoms in total. The van der Waals surface area contributed by atoms with Crippen molar-refractivity contribution in [2.45, 2.75) is 50.6 Å². The number of esters is 2. The molecule has 0 radical (unpaired) electrons. The van der Waals surface area contributed by atoms with E-state index in [0.29, 0.717) is 17.1 Å². The van der Waals surface area contributed by atoms with Gasteiger partial charge in [0.25, 0.3) is 0 Å². The third-order valence-electron chi connectivity index (χ3n) is 5.48. The van der Waals surface area contributed by atoms with Crippen LogP contribution in [0.25, 0.3) is 0 Å². The van der Waals surface area contributed by atoms with E-state index in [4.69, 9.17) is 9.16 Å². The summed E-state index contributed by atoms with van der Waals surface area (Å²) in [7, 11) is -1.47. The Morgan fingerprint density at radius 2 is 1.95 bits per heavy atom. The van der Waals surface area contributed by atoms with Gasteiger partial charge in [-0.25, -0.2) is 0 Å². The fourth-order valence-electron chi connectivity index (χ4n) is 4.58. The highest BCUT2D eigenvalue weighted by atomic mass is 32.2. The predicted molar refractivity (Wildman–Crippen MR) is 89.1 cm³/mol. The third-order valence-corrected chi connectivity index (χ3v) is 9.60. The summed E-state index contributed by atoms with van der Waals surface area (Å²) in [5.41, 5.74) is 0. The molecule has 0 aromatic carbocycles. The van der Waals surface area contributed by atoms with E-state index in [0.717, 1.165) is 25.2 Å². The van der Waals surface area contributed by atoms with E-state index in [2.05, 4.69) is 20.0 Å². The Balaban J connectivity index is 1.46. The molecule has 1 heterocycles. The van der Waals surface area contributed by atoms with Crippen LogP contribution in [-0.2, 0) is 18.8 Å². The number of carbonyl (C=O) groups excluding carboxylic acids is 2. The van der Waals surface area contributed by atoms with Gasteiger partial charge in [-0.1, -0.05) is 0 Å². The lowest BCUT2D eigenvalue weighted by atomic mass is 9.81. The number of cyclic esters (lactones) is 2. The fraction of sp³-hybridized carbons (Fsp3) is 0.875. The lowest BCUT2D eigenvalue weighted by Crippen LogP contribution is -2.32. The molecule has 1 aliphatic heterocycles. The van der Waals surface area contributed by atoms with E-state index in [1.165, 1.54) is 12.5 Å². The standard InChI is InChI=1S/C16H26O4SSi/c1-4-19-22(2,3)7-5-6-21-12-9-10-8-11(12)14-13(10)15(17)20-16(14)18/h10-14H,4-9H2,1-3H3. The average molecular weight is 343 g/mol. The molecule has 5 atom stereocenters. The van der Waals surface area contributed by atoms with Gasteiger partial charge in [0.2, 0.25) is 0 Å². The zero-order chi connectivity index (χ0) is 15.9. The molecule has 1 saturated heterocycles. The van der Waals surface area contributed by atoms with Crippen molar-refractivity contribution in [3.05, 3.63) is 0 Å². The quantitative estimate of drug-likeness (QED) is 0.308. The molecule has 2 bridgehead atoms. The maximum Gasteiger partial charge on any atom is 0.317 e. The van der Waals surface area contributed by atoms with E-state index in [1.54, 1.807) is 0 Å². The summed E-state index contributed by atoms with van der Waals surface area (Å²) in [6, 6.07) is 1.20. The number of hydrogen-bond acceptors (Lipinski definition) is 5. The number of ether oxygens (including phenoxy) is 1. The van der Waals surface area contributed by atoms with Crippen molar-refractivity contribution >= 4 is 32.0 Å². The summed E-state index contributed by atoms with van der Waals surface area (Å²) in [5.74, 6) is 1.15. The van der Waals surface area contributed by atoms with Crippen LogP contribution in [0.1, 0.15) is 26.2 Å². The van der Waals surface area contributed by atoms with Crippen LogP contribution in [0, 0.1) is 23.7 Å². The van der Waals surface area contributed by atoms with Crippen molar-refractivity contribution in [2.75, 3.05) is 12.4 Å². The molecule has 0 amide bonds. The average Bonchev–Trinajstić information content (AvgIpc) is 3.08. The Kier molecular flexibility index (Phi) is 4.72. The van der Waals surface area contributed by atoms with E-state index in [9.17, 15) is 9.59 Å². The van der Waals surface area contributed by atoms with E-state index in [1.807, 2.05) is 11.8 Å². The van der Waals surface area contributed by atoms with Crippen LogP contribution >= 0.6 is 11.8 Å². The van der Waals surface area contributed by atoms with Crippen molar-refractivity contribution in [1.82, 2.24) is 0 Å². The Morgan fingerprint density at radius 1 is 1.23 bits per heavy atom. The van der Waals surface area contributed by atoms with Gasteiger partial charge in [-0.3, -0.25) is 9.59 Å². The number of rotatable bonds is 7. The molecule has 2 aliphatic carbocycles. The van der Waals surface area contributed by atoms with Crippen LogP contribution in [-0.4, -0.2) is 37.9 Å². The molecule has 5 unspecified atom stereocenters. The second kappa shape index (κ2) is 6.28. The fourth-order valence-corrected chi connectivity index (χ4v) is 8.32. The first-order chi connectivity index (χ1) is 10.4. The lowest BCUT2D eigenvalue weighted by Gasteiger charge is -2.27. The van der Waals surface area contributed by atoms with Gasteiger partial charge in [0.1, 0.15) is 0 Å². The van der Waals surface area contributed by atoms with E-state index < -0.39 is 8.32 Å².